The highest BCUT2D eigenvalue weighted by Crippen LogP contribution is 2.32. The van der Waals surface area contributed by atoms with Crippen molar-refractivity contribution in [3.63, 3.8) is 0 Å². The Hall–Kier alpha value is -2.65. The number of halogens is 1. The zero-order chi connectivity index (χ0) is 23.0. The Bertz CT molecular complexity index is 966. The van der Waals surface area contributed by atoms with Gasteiger partial charge in [0.15, 0.2) is 18.3 Å². The van der Waals surface area contributed by atoms with Gasteiger partial charge in [-0.1, -0.05) is 41.9 Å². The van der Waals surface area contributed by atoms with Crippen LogP contribution in [0, 0.1) is 13.8 Å². The van der Waals surface area contributed by atoms with Crippen molar-refractivity contribution in [1.82, 2.24) is 16.2 Å². The molecule has 0 radical (unpaired) electrons. The Kier molecular flexibility index (Phi) is 9.26. The molecule has 0 spiro atoms. The maximum absolute atomic E-state index is 12.1. The third kappa shape index (κ3) is 8.18. The summed E-state index contributed by atoms with van der Waals surface area (Å²) >= 11 is 8.53. The van der Waals surface area contributed by atoms with Gasteiger partial charge in [-0.05, 0) is 72.9 Å². The van der Waals surface area contributed by atoms with Crippen LogP contribution < -0.4 is 25.6 Å². The number of hydrazine groups is 1. The van der Waals surface area contributed by atoms with Gasteiger partial charge in [0, 0.05) is 4.47 Å². The van der Waals surface area contributed by atoms with Crippen LogP contribution in [0.1, 0.15) is 36.5 Å². The molecule has 2 rings (SSSR count). The van der Waals surface area contributed by atoms with Crippen LogP contribution in [0.25, 0.3) is 0 Å². The summed E-state index contributed by atoms with van der Waals surface area (Å²) in [6.45, 7) is 7.57. The molecule has 0 bridgehead atoms. The SMILES string of the molecule is Cc1cccc(OCC(=O)NNC(=S)NC(=O)COc2cc(C)c(Br)cc2C(C)C)c1. The summed E-state index contributed by atoms with van der Waals surface area (Å²) in [7, 11) is 0. The van der Waals surface area contributed by atoms with E-state index in [0.29, 0.717) is 11.5 Å². The monoisotopic (exact) mass is 507 g/mol. The number of benzene rings is 2. The minimum absolute atomic E-state index is 0.0476. The molecule has 2 amide bonds. The summed E-state index contributed by atoms with van der Waals surface area (Å²) in [5, 5.41) is 2.41. The highest BCUT2D eigenvalue weighted by atomic mass is 79.9. The molecule has 0 heterocycles. The number of carbonyl (C=O) groups is 2. The number of thiocarbonyl (C=S) groups is 1. The van der Waals surface area contributed by atoms with E-state index in [4.69, 9.17) is 21.7 Å². The summed E-state index contributed by atoms with van der Waals surface area (Å²) in [6, 6.07) is 11.2. The van der Waals surface area contributed by atoms with E-state index in [1.807, 2.05) is 44.2 Å². The van der Waals surface area contributed by atoms with Crippen molar-refractivity contribution in [2.24, 2.45) is 0 Å². The molecule has 9 heteroatoms. The molecule has 2 aromatic rings. The third-order valence-corrected chi connectivity index (χ3v) is 5.26. The number of aryl methyl sites for hydroxylation is 2. The van der Waals surface area contributed by atoms with Crippen LogP contribution in [0.2, 0.25) is 0 Å². The second kappa shape index (κ2) is 11.7. The van der Waals surface area contributed by atoms with Gasteiger partial charge in [-0.3, -0.25) is 25.8 Å². The fraction of sp³-hybridized carbons (Fsp3) is 0.318. The normalized spacial score (nSPS) is 10.4. The lowest BCUT2D eigenvalue weighted by molar-refractivity contribution is -0.124. The summed E-state index contributed by atoms with van der Waals surface area (Å²) in [5.41, 5.74) is 7.86. The Morgan fingerprint density at radius 2 is 1.74 bits per heavy atom. The lowest BCUT2D eigenvalue weighted by atomic mass is 10.0. The average Bonchev–Trinajstić information content (AvgIpc) is 2.71. The van der Waals surface area contributed by atoms with Crippen molar-refractivity contribution in [2.75, 3.05) is 13.2 Å². The molecular weight excluding hydrogens is 482 g/mol. The average molecular weight is 508 g/mol. The van der Waals surface area contributed by atoms with Crippen molar-refractivity contribution < 1.29 is 19.1 Å². The van der Waals surface area contributed by atoms with Crippen molar-refractivity contribution >= 4 is 45.1 Å². The summed E-state index contributed by atoms with van der Waals surface area (Å²) < 4.78 is 12.1. The molecule has 31 heavy (non-hydrogen) atoms. The van der Waals surface area contributed by atoms with Gasteiger partial charge in [0.25, 0.3) is 11.8 Å². The van der Waals surface area contributed by atoms with Gasteiger partial charge in [0.05, 0.1) is 0 Å². The Labute approximate surface area is 196 Å². The predicted molar refractivity (Wildman–Crippen MR) is 127 cm³/mol. The summed E-state index contributed by atoms with van der Waals surface area (Å²) in [6.07, 6.45) is 0. The smallest absolute Gasteiger partial charge is 0.276 e. The van der Waals surface area contributed by atoms with E-state index in [2.05, 4.69) is 45.9 Å². The molecule has 3 N–H and O–H groups in total. The first-order chi connectivity index (χ1) is 14.7. The lowest BCUT2D eigenvalue weighted by Gasteiger charge is -2.16. The quantitative estimate of drug-likeness (QED) is 0.391. The van der Waals surface area contributed by atoms with Crippen LogP contribution in [-0.4, -0.2) is 30.1 Å². The van der Waals surface area contributed by atoms with Crippen molar-refractivity contribution in [3.8, 4) is 11.5 Å². The number of ether oxygens (including phenoxy) is 2. The fourth-order valence-electron chi connectivity index (χ4n) is 2.60. The molecule has 2 aromatic carbocycles. The maximum Gasteiger partial charge on any atom is 0.276 e. The number of rotatable bonds is 7. The van der Waals surface area contributed by atoms with E-state index in [1.165, 1.54) is 0 Å². The van der Waals surface area contributed by atoms with E-state index in [9.17, 15) is 9.59 Å². The number of carbonyl (C=O) groups excluding carboxylic acids is 2. The topological polar surface area (TPSA) is 88.7 Å². The molecule has 0 fully saturated rings. The number of amides is 2. The second-order valence-electron chi connectivity index (χ2n) is 7.24. The highest BCUT2D eigenvalue weighted by molar-refractivity contribution is 9.10. The van der Waals surface area contributed by atoms with Gasteiger partial charge in [0.2, 0.25) is 0 Å². The van der Waals surface area contributed by atoms with E-state index in [-0.39, 0.29) is 24.2 Å². The van der Waals surface area contributed by atoms with Crippen LogP contribution in [0.4, 0.5) is 0 Å². The molecule has 0 saturated heterocycles. The van der Waals surface area contributed by atoms with Gasteiger partial charge in [-0.15, -0.1) is 0 Å². The van der Waals surface area contributed by atoms with Crippen LogP contribution in [-0.2, 0) is 9.59 Å². The minimum Gasteiger partial charge on any atom is -0.484 e. The third-order valence-electron chi connectivity index (χ3n) is 4.20. The fourth-order valence-corrected chi connectivity index (χ4v) is 3.13. The Morgan fingerprint density at radius 3 is 2.42 bits per heavy atom. The molecule has 166 valence electrons. The van der Waals surface area contributed by atoms with Crippen LogP contribution in [0.5, 0.6) is 11.5 Å². The molecule has 0 saturated carbocycles. The Morgan fingerprint density at radius 1 is 1.03 bits per heavy atom. The molecule has 0 aliphatic rings. The summed E-state index contributed by atoms with van der Waals surface area (Å²) in [5.74, 6) is 0.577. The van der Waals surface area contributed by atoms with Crippen LogP contribution >= 0.6 is 28.1 Å². The van der Waals surface area contributed by atoms with Gasteiger partial charge in [0.1, 0.15) is 11.5 Å². The molecule has 0 aromatic heterocycles. The highest BCUT2D eigenvalue weighted by Gasteiger charge is 2.13. The van der Waals surface area contributed by atoms with Gasteiger partial charge in [-0.2, -0.15) is 0 Å². The standard InChI is InChI=1S/C22H26BrN3O4S/c1-13(2)17-10-18(23)15(4)9-19(17)30-11-20(27)24-22(31)26-25-21(28)12-29-16-7-5-6-14(3)8-16/h5-10,13H,11-12H2,1-4H3,(H,25,28)(H2,24,26,27,31). The Balaban J connectivity index is 1.75. The van der Waals surface area contributed by atoms with Crippen LogP contribution in [0.3, 0.4) is 0 Å². The van der Waals surface area contributed by atoms with E-state index in [1.54, 1.807) is 6.07 Å². The van der Waals surface area contributed by atoms with E-state index in [0.717, 1.165) is 21.2 Å². The lowest BCUT2D eigenvalue weighted by Crippen LogP contribution is -2.50. The maximum atomic E-state index is 12.1. The first-order valence-corrected chi connectivity index (χ1v) is 10.9. The second-order valence-corrected chi connectivity index (χ2v) is 8.50. The molecule has 7 nitrogen and oxygen atoms in total. The molecule has 0 atom stereocenters. The minimum atomic E-state index is -0.446. The van der Waals surface area contributed by atoms with Crippen molar-refractivity contribution in [3.05, 3.63) is 57.6 Å². The zero-order valence-corrected chi connectivity index (χ0v) is 20.3. The van der Waals surface area contributed by atoms with Crippen molar-refractivity contribution in [2.45, 2.75) is 33.6 Å². The van der Waals surface area contributed by atoms with Gasteiger partial charge < -0.3 is 9.47 Å². The first-order valence-electron chi connectivity index (χ1n) is 9.66. The summed E-state index contributed by atoms with van der Waals surface area (Å²) in [4.78, 5) is 24.0. The zero-order valence-electron chi connectivity index (χ0n) is 17.9. The molecule has 0 unspecified atom stereocenters. The van der Waals surface area contributed by atoms with E-state index < -0.39 is 11.8 Å². The predicted octanol–water partition coefficient (Wildman–Crippen LogP) is 3.67. The van der Waals surface area contributed by atoms with E-state index >= 15 is 0 Å². The first kappa shape index (κ1) is 24.6. The molecular formula is C22H26BrN3O4S. The van der Waals surface area contributed by atoms with Gasteiger partial charge >= 0.3 is 0 Å². The number of nitrogens with one attached hydrogen (secondary N) is 3. The molecule has 0 aliphatic carbocycles. The van der Waals surface area contributed by atoms with Crippen molar-refractivity contribution in [1.29, 1.82) is 0 Å². The van der Waals surface area contributed by atoms with Crippen LogP contribution in [0.15, 0.2) is 40.9 Å². The molecule has 0 aliphatic heterocycles. The number of hydrogen-bond donors (Lipinski definition) is 3. The number of hydrogen-bond acceptors (Lipinski definition) is 5. The van der Waals surface area contributed by atoms with Gasteiger partial charge in [-0.25, -0.2) is 0 Å². The largest absolute Gasteiger partial charge is 0.484 e.